The summed E-state index contributed by atoms with van der Waals surface area (Å²) < 4.78 is 5.78. The Kier molecular flexibility index (Phi) is 5.52. The first-order valence-corrected chi connectivity index (χ1v) is 8.47. The van der Waals surface area contributed by atoms with E-state index in [1.807, 2.05) is 25.1 Å². The van der Waals surface area contributed by atoms with Gasteiger partial charge >= 0.3 is 5.97 Å². The zero-order valence-corrected chi connectivity index (χ0v) is 15.0. The minimum Gasteiger partial charge on any atom is -0.483 e. The van der Waals surface area contributed by atoms with Crippen molar-refractivity contribution in [2.24, 2.45) is 5.41 Å². The molecule has 24 heavy (non-hydrogen) atoms. The lowest BCUT2D eigenvalue weighted by Gasteiger charge is -2.37. The Balaban J connectivity index is 2.03. The first-order valence-electron chi connectivity index (χ1n) is 8.47. The zero-order chi connectivity index (χ0) is 17.9. The molecule has 2 rings (SSSR count). The number of hydrogen-bond donors (Lipinski definition) is 1. The Bertz CT molecular complexity index is 626. The van der Waals surface area contributed by atoms with Gasteiger partial charge in [0.15, 0.2) is 6.61 Å². The quantitative estimate of drug-likeness (QED) is 0.898. The summed E-state index contributed by atoms with van der Waals surface area (Å²) in [6.45, 7) is 8.64. The second-order valence-corrected chi connectivity index (χ2v) is 7.27. The molecule has 0 saturated carbocycles. The maximum Gasteiger partial charge on any atom is 0.311 e. The average Bonchev–Trinajstić information content (AvgIpc) is 2.52. The summed E-state index contributed by atoms with van der Waals surface area (Å²) in [4.78, 5) is 25.5. The summed E-state index contributed by atoms with van der Waals surface area (Å²) in [5, 5.41) is 9.36. The molecule has 1 aromatic rings. The number of likely N-dealkylation sites (tertiary alicyclic amines) is 1. The molecule has 1 atom stereocenters. The summed E-state index contributed by atoms with van der Waals surface area (Å²) in [5.41, 5.74) is 1.29. The number of nitrogens with zero attached hydrogens (tertiary/aromatic N) is 1. The largest absolute Gasteiger partial charge is 0.483 e. The van der Waals surface area contributed by atoms with E-state index >= 15 is 0 Å². The van der Waals surface area contributed by atoms with Crippen LogP contribution in [0.4, 0.5) is 0 Å². The van der Waals surface area contributed by atoms with Crippen LogP contribution >= 0.6 is 0 Å². The fourth-order valence-corrected chi connectivity index (χ4v) is 3.10. The van der Waals surface area contributed by atoms with E-state index in [2.05, 4.69) is 13.8 Å². The number of aryl methyl sites for hydroxylation is 1. The number of carbonyl (C=O) groups excluding carboxylic acids is 1. The predicted octanol–water partition coefficient (Wildman–Crippen LogP) is 3.21. The maximum absolute atomic E-state index is 12.5. The highest BCUT2D eigenvalue weighted by Gasteiger charge is 2.39. The third kappa shape index (κ3) is 4.08. The highest BCUT2D eigenvalue weighted by molar-refractivity contribution is 5.80. The number of rotatable bonds is 5. The molecular weight excluding hydrogens is 306 g/mol. The average molecular weight is 333 g/mol. The predicted molar refractivity (Wildman–Crippen MR) is 92.3 cm³/mol. The number of ether oxygens (including phenoxy) is 1. The van der Waals surface area contributed by atoms with Gasteiger partial charge in [0.25, 0.3) is 5.91 Å². The molecule has 0 aliphatic carbocycles. The fraction of sp³-hybridized carbons (Fsp3) is 0.579. The molecule has 0 aromatic heterocycles. The van der Waals surface area contributed by atoms with Crippen LogP contribution in [0.15, 0.2) is 18.2 Å². The third-order valence-corrected chi connectivity index (χ3v) is 4.71. The van der Waals surface area contributed by atoms with Gasteiger partial charge in [-0.2, -0.15) is 0 Å². The monoisotopic (exact) mass is 333 g/mol. The number of carbonyl (C=O) groups is 2. The molecule has 1 aliphatic heterocycles. The van der Waals surface area contributed by atoms with E-state index in [0.29, 0.717) is 25.3 Å². The lowest BCUT2D eigenvalue weighted by molar-refractivity contribution is -0.153. The standard InChI is InChI=1S/C19H27NO4/c1-13(2)15-7-6-14(3)10-16(15)24-11-17(21)20-9-5-8-19(4,12-20)18(22)23/h6-7,10,13H,5,8-9,11-12H2,1-4H3,(H,22,23). The smallest absolute Gasteiger partial charge is 0.311 e. The van der Waals surface area contributed by atoms with Gasteiger partial charge in [0, 0.05) is 13.1 Å². The molecule has 1 amide bonds. The lowest BCUT2D eigenvalue weighted by atomic mass is 9.82. The van der Waals surface area contributed by atoms with Crippen LogP contribution in [-0.2, 0) is 9.59 Å². The summed E-state index contributed by atoms with van der Waals surface area (Å²) in [6, 6.07) is 6.01. The second kappa shape index (κ2) is 7.24. The first-order chi connectivity index (χ1) is 11.2. The van der Waals surface area contributed by atoms with Crippen LogP contribution in [0.1, 0.15) is 50.7 Å². The van der Waals surface area contributed by atoms with Crippen LogP contribution in [0, 0.1) is 12.3 Å². The highest BCUT2D eigenvalue weighted by atomic mass is 16.5. The molecule has 0 spiro atoms. The van der Waals surface area contributed by atoms with Crippen molar-refractivity contribution in [2.45, 2.75) is 46.5 Å². The van der Waals surface area contributed by atoms with E-state index in [1.54, 1.807) is 11.8 Å². The first kappa shape index (κ1) is 18.3. The second-order valence-electron chi connectivity index (χ2n) is 7.27. The Morgan fingerprint density at radius 3 is 2.71 bits per heavy atom. The SMILES string of the molecule is Cc1ccc(C(C)C)c(OCC(=O)N2CCCC(C)(C(=O)O)C2)c1. The van der Waals surface area contributed by atoms with E-state index in [9.17, 15) is 14.7 Å². The fourth-order valence-electron chi connectivity index (χ4n) is 3.10. The Morgan fingerprint density at radius 1 is 1.38 bits per heavy atom. The van der Waals surface area contributed by atoms with Crippen molar-refractivity contribution in [3.05, 3.63) is 29.3 Å². The molecule has 1 aliphatic rings. The molecule has 0 bridgehead atoms. The van der Waals surface area contributed by atoms with E-state index < -0.39 is 11.4 Å². The number of amides is 1. The van der Waals surface area contributed by atoms with Crippen LogP contribution in [0.3, 0.4) is 0 Å². The summed E-state index contributed by atoms with van der Waals surface area (Å²) in [7, 11) is 0. The molecule has 1 heterocycles. The van der Waals surface area contributed by atoms with Gasteiger partial charge in [-0.1, -0.05) is 26.0 Å². The van der Waals surface area contributed by atoms with Crippen molar-refractivity contribution >= 4 is 11.9 Å². The molecule has 5 nitrogen and oxygen atoms in total. The van der Waals surface area contributed by atoms with E-state index in [4.69, 9.17) is 4.74 Å². The lowest BCUT2D eigenvalue weighted by Crippen LogP contribution is -2.49. The van der Waals surface area contributed by atoms with Crippen LogP contribution in [0.5, 0.6) is 5.75 Å². The third-order valence-electron chi connectivity index (χ3n) is 4.71. The van der Waals surface area contributed by atoms with Gasteiger partial charge in [-0.25, -0.2) is 0 Å². The molecule has 1 fully saturated rings. The van der Waals surface area contributed by atoms with Crippen molar-refractivity contribution in [3.63, 3.8) is 0 Å². The molecule has 1 N–H and O–H groups in total. The van der Waals surface area contributed by atoms with Crippen molar-refractivity contribution in [3.8, 4) is 5.75 Å². The van der Waals surface area contributed by atoms with Crippen LogP contribution in [0.25, 0.3) is 0 Å². The molecule has 1 unspecified atom stereocenters. The topological polar surface area (TPSA) is 66.8 Å². The molecular formula is C19H27NO4. The zero-order valence-electron chi connectivity index (χ0n) is 15.0. The summed E-state index contributed by atoms with van der Waals surface area (Å²) >= 11 is 0. The number of carboxylic acid groups (broad SMARTS) is 1. The molecule has 0 radical (unpaired) electrons. The Labute approximate surface area is 143 Å². The van der Waals surface area contributed by atoms with Crippen LogP contribution < -0.4 is 4.74 Å². The van der Waals surface area contributed by atoms with Gasteiger partial charge in [-0.3, -0.25) is 9.59 Å². The number of carboxylic acids is 1. The minimum absolute atomic E-state index is 0.0567. The van der Waals surface area contributed by atoms with E-state index in [-0.39, 0.29) is 19.1 Å². The Hall–Kier alpha value is -2.04. The molecule has 1 aromatic carbocycles. The van der Waals surface area contributed by atoms with Gasteiger partial charge in [-0.05, 0) is 49.8 Å². The Morgan fingerprint density at radius 2 is 2.08 bits per heavy atom. The van der Waals surface area contributed by atoms with Crippen molar-refractivity contribution in [1.29, 1.82) is 0 Å². The van der Waals surface area contributed by atoms with Crippen molar-refractivity contribution < 1.29 is 19.4 Å². The van der Waals surface area contributed by atoms with Crippen LogP contribution in [0.2, 0.25) is 0 Å². The number of benzene rings is 1. The number of hydrogen-bond acceptors (Lipinski definition) is 3. The number of aliphatic carboxylic acids is 1. The molecule has 5 heteroatoms. The van der Waals surface area contributed by atoms with Gasteiger partial charge in [0.2, 0.25) is 0 Å². The molecule has 132 valence electrons. The van der Waals surface area contributed by atoms with Gasteiger partial charge in [0.1, 0.15) is 5.75 Å². The van der Waals surface area contributed by atoms with Crippen LogP contribution in [-0.4, -0.2) is 41.6 Å². The number of piperidine rings is 1. The van der Waals surface area contributed by atoms with Gasteiger partial charge < -0.3 is 14.7 Å². The van der Waals surface area contributed by atoms with E-state index in [1.165, 1.54) is 0 Å². The van der Waals surface area contributed by atoms with Crippen molar-refractivity contribution in [1.82, 2.24) is 4.90 Å². The van der Waals surface area contributed by atoms with Gasteiger partial charge in [-0.15, -0.1) is 0 Å². The summed E-state index contributed by atoms with van der Waals surface area (Å²) in [5.74, 6) is 0.0393. The highest BCUT2D eigenvalue weighted by Crippen LogP contribution is 2.30. The van der Waals surface area contributed by atoms with Gasteiger partial charge in [0.05, 0.1) is 5.41 Å². The minimum atomic E-state index is -0.861. The van der Waals surface area contributed by atoms with E-state index in [0.717, 1.165) is 16.9 Å². The maximum atomic E-state index is 12.5. The molecule has 1 saturated heterocycles. The van der Waals surface area contributed by atoms with Crippen molar-refractivity contribution in [2.75, 3.05) is 19.7 Å². The normalized spacial score (nSPS) is 21.0. The summed E-state index contributed by atoms with van der Waals surface area (Å²) in [6.07, 6.45) is 1.30.